The van der Waals surface area contributed by atoms with E-state index in [9.17, 15) is 0 Å². The summed E-state index contributed by atoms with van der Waals surface area (Å²) in [5.41, 5.74) is 0.716. The highest BCUT2D eigenvalue weighted by atomic mass is 35.5. The lowest BCUT2D eigenvalue weighted by molar-refractivity contribution is 0.630. The third-order valence-corrected chi connectivity index (χ3v) is 2.74. The Labute approximate surface area is 128 Å². The van der Waals surface area contributed by atoms with Crippen LogP contribution in [0.5, 0.6) is 0 Å². The summed E-state index contributed by atoms with van der Waals surface area (Å²) in [6.07, 6.45) is 1.50. The number of rotatable bonds is 3. The van der Waals surface area contributed by atoms with Crippen LogP contribution >= 0.6 is 23.2 Å². The van der Waals surface area contributed by atoms with Gasteiger partial charge in [-0.15, -0.1) is 0 Å². The first-order chi connectivity index (χ1) is 9.32. The lowest BCUT2D eigenvalue weighted by Gasteiger charge is -2.21. The average molecular weight is 311 g/mol. The van der Waals surface area contributed by atoms with Gasteiger partial charge in [-0.3, -0.25) is 0 Å². The Morgan fingerprint density at radius 1 is 0.900 bits per heavy atom. The lowest BCUT2D eigenvalue weighted by atomic mass is 10.1. The highest BCUT2D eigenvalue weighted by Gasteiger charge is 2.10. The van der Waals surface area contributed by atoms with Crippen molar-refractivity contribution in [3.63, 3.8) is 0 Å². The molecule has 2 rings (SSSR count). The van der Waals surface area contributed by atoms with Crippen molar-refractivity contribution in [3.8, 4) is 0 Å². The third-order valence-electron chi connectivity index (χ3n) is 2.31. The molecule has 20 heavy (non-hydrogen) atoms. The van der Waals surface area contributed by atoms with Gasteiger partial charge in [0, 0.05) is 27.3 Å². The number of nitrogens with one attached hydrogen (secondary N) is 2. The molecule has 2 N–H and O–H groups in total. The summed E-state index contributed by atoms with van der Waals surface area (Å²) >= 11 is 11.9. The van der Waals surface area contributed by atoms with E-state index in [1.165, 1.54) is 6.33 Å². The zero-order chi connectivity index (χ0) is 14.8. The molecule has 0 atom stereocenters. The first-order valence-corrected chi connectivity index (χ1v) is 6.91. The quantitative estimate of drug-likeness (QED) is 0.860. The molecule has 0 unspecified atom stereocenters. The van der Waals surface area contributed by atoms with E-state index in [-0.39, 0.29) is 5.54 Å². The Hall–Kier alpha value is -1.52. The fourth-order valence-electron chi connectivity index (χ4n) is 1.65. The van der Waals surface area contributed by atoms with Crippen LogP contribution in [0.15, 0.2) is 30.6 Å². The van der Waals surface area contributed by atoms with Crippen LogP contribution in [0.25, 0.3) is 0 Å². The van der Waals surface area contributed by atoms with E-state index < -0.39 is 0 Å². The number of anilines is 3. The van der Waals surface area contributed by atoms with Crippen LogP contribution in [0.1, 0.15) is 20.8 Å². The molecule has 106 valence electrons. The van der Waals surface area contributed by atoms with Gasteiger partial charge in [-0.2, -0.15) is 0 Å². The van der Waals surface area contributed by atoms with E-state index in [0.29, 0.717) is 15.9 Å². The van der Waals surface area contributed by atoms with Crippen LogP contribution in [0.2, 0.25) is 10.0 Å². The highest BCUT2D eigenvalue weighted by molar-refractivity contribution is 6.35. The molecule has 1 aromatic carbocycles. The van der Waals surface area contributed by atoms with Crippen molar-refractivity contribution in [2.75, 3.05) is 10.6 Å². The first kappa shape index (κ1) is 14.9. The third kappa shape index (κ3) is 4.54. The summed E-state index contributed by atoms with van der Waals surface area (Å²) < 4.78 is 0. The van der Waals surface area contributed by atoms with Gasteiger partial charge in [0.2, 0.25) is 0 Å². The van der Waals surface area contributed by atoms with Gasteiger partial charge in [0.25, 0.3) is 0 Å². The molecule has 6 heteroatoms. The Balaban J connectivity index is 2.19. The minimum Gasteiger partial charge on any atom is -0.365 e. The molecule has 0 saturated carbocycles. The zero-order valence-electron chi connectivity index (χ0n) is 11.5. The van der Waals surface area contributed by atoms with Crippen LogP contribution in [-0.4, -0.2) is 15.5 Å². The summed E-state index contributed by atoms with van der Waals surface area (Å²) in [5, 5.41) is 7.58. The number of hydrogen-bond donors (Lipinski definition) is 2. The molecular formula is C14H16Cl2N4. The molecule has 0 aliphatic rings. The fraction of sp³-hybridized carbons (Fsp3) is 0.286. The number of aromatic nitrogens is 2. The van der Waals surface area contributed by atoms with E-state index in [4.69, 9.17) is 23.2 Å². The molecule has 0 bridgehead atoms. The molecule has 1 aromatic heterocycles. The molecular weight excluding hydrogens is 295 g/mol. The van der Waals surface area contributed by atoms with Crippen molar-refractivity contribution in [1.82, 2.24) is 9.97 Å². The number of nitrogens with zero attached hydrogens (tertiary/aromatic N) is 2. The van der Waals surface area contributed by atoms with Gasteiger partial charge in [0.05, 0.1) is 0 Å². The molecule has 0 fully saturated rings. The van der Waals surface area contributed by atoms with Gasteiger partial charge in [0.1, 0.15) is 18.0 Å². The Morgan fingerprint density at radius 3 is 2.10 bits per heavy atom. The minimum absolute atomic E-state index is 0.0645. The van der Waals surface area contributed by atoms with Gasteiger partial charge >= 0.3 is 0 Å². The van der Waals surface area contributed by atoms with E-state index in [1.807, 2.05) is 6.07 Å². The highest BCUT2D eigenvalue weighted by Crippen LogP contribution is 2.25. The maximum atomic E-state index is 5.97. The number of benzene rings is 1. The molecule has 2 aromatic rings. The Morgan fingerprint density at radius 2 is 1.50 bits per heavy atom. The summed E-state index contributed by atoms with van der Waals surface area (Å²) in [5.74, 6) is 1.42. The van der Waals surface area contributed by atoms with Crippen molar-refractivity contribution in [2.45, 2.75) is 26.3 Å². The fourth-order valence-corrected chi connectivity index (χ4v) is 2.18. The molecule has 0 saturated heterocycles. The first-order valence-electron chi connectivity index (χ1n) is 6.15. The van der Waals surface area contributed by atoms with Crippen molar-refractivity contribution in [1.29, 1.82) is 0 Å². The molecule has 0 spiro atoms. The topological polar surface area (TPSA) is 49.8 Å². The number of hydrogen-bond acceptors (Lipinski definition) is 4. The summed E-state index contributed by atoms with van der Waals surface area (Å²) in [6.45, 7) is 6.21. The molecule has 4 nitrogen and oxygen atoms in total. The smallest absolute Gasteiger partial charge is 0.135 e. The van der Waals surface area contributed by atoms with Crippen molar-refractivity contribution < 1.29 is 0 Å². The molecule has 0 aliphatic heterocycles. The average Bonchev–Trinajstić information content (AvgIpc) is 2.25. The predicted octanol–water partition coefficient (Wildman–Crippen LogP) is 4.74. The molecule has 0 amide bonds. The van der Waals surface area contributed by atoms with Crippen LogP contribution in [-0.2, 0) is 0 Å². The zero-order valence-corrected chi connectivity index (χ0v) is 13.0. The van der Waals surface area contributed by atoms with Crippen molar-refractivity contribution in [2.24, 2.45) is 0 Å². The molecule has 1 heterocycles. The standard InChI is InChI=1S/C14H16Cl2N4/c1-14(2,3)20-13-7-12(17-8-18-13)19-11-5-9(15)4-10(16)6-11/h4-8H,1-3H3,(H2,17,18,19,20). The van der Waals surface area contributed by atoms with E-state index in [2.05, 4.69) is 41.4 Å². The second-order valence-corrected chi connectivity index (χ2v) is 6.32. The lowest BCUT2D eigenvalue weighted by Crippen LogP contribution is -2.26. The SMILES string of the molecule is CC(C)(C)Nc1cc(Nc2cc(Cl)cc(Cl)c2)ncn1. The van der Waals surface area contributed by atoms with Crippen LogP contribution < -0.4 is 10.6 Å². The van der Waals surface area contributed by atoms with Crippen molar-refractivity contribution >= 4 is 40.5 Å². The number of halogens is 2. The summed E-state index contributed by atoms with van der Waals surface area (Å²) in [6, 6.07) is 7.08. The van der Waals surface area contributed by atoms with E-state index >= 15 is 0 Å². The van der Waals surface area contributed by atoms with Gasteiger partial charge in [-0.25, -0.2) is 9.97 Å². The maximum Gasteiger partial charge on any atom is 0.135 e. The molecule has 0 aliphatic carbocycles. The van der Waals surface area contributed by atoms with Gasteiger partial charge in [0.15, 0.2) is 0 Å². The summed E-state index contributed by atoms with van der Waals surface area (Å²) in [4.78, 5) is 8.36. The van der Waals surface area contributed by atoms with Gasteiger partial charge in [-0.1, -0.05) is 23.2 Å². The molecule has 0 radical (unpaired) electrons. The Bertz CT molecular complexity index is 588. The second-order valence-electron chi connectivity index (χ2n) is 5.45. The monoisotopic (exact) mass is 310 g/mol. The van der Waals surface area contributed by atoms with Gasteiger partial charge < -0.3 is 10.6 Å². The minimum atomic E-state index is -0.0645. The van der Waals surface area contributed by atoms with Crippen LogP contribution in [0.4, 0.5) is 17.3 Å². The maximum absolute atomic E-state index is 5.97. The largest absolute Gasteiger partial charge is 0.365 e. The van der Waals surface area contributed by atoms with Crippen LogP contribution in [0, 0.1) is 0 Å². The predicted molar refractivity (Wildman–Crippen MR) is 85.2 cm³/mol. The Kier molecular flexibility index (Phi) is 4.35. The van der Waals surface area contributed by atoms with Gasteiger partial charge in [-0.05, 0) is 39.0 Å². The summed E-state index contributed by atoms with van der Waals surface area (Å²) in [7, 11) is 0. The normalized spacial score (nSPS) is 11.2. The van der Waals surface area contributed by atoms with Crippen molar-refractivity contribution in [3.05, 3.63) is 40.6 Å². The van der Waals surface area contributed by atoms with E-state index in [1.54, 1.807) is 18.2 Å². The second kappa shape index (κ2) is 5.85. The van der Waals surface area contributed by atoms with Crippen LogP contribution in [0.3, 0.4) is 0 Å². The van der Waals surface area contributed by atoms with E-state index in [0.717, 1.165) is 11.5 Å².